The van der Waals surface area contributed by atoms with Gasteiger partial charge in [-0.15, -0.1) is 6.42 Å². The highest BCUT2D eigenvalue weighted by molar-refractivity contribution is 6.05. The maximum atomic E-state index is 12.9. The molecule has 1 aliphatic heterocycles. The standard InChI is InChI=1S/C29H29N5O2/c1-4-20-8-7-9-23(14-20)32-29-22(18-30)19-31-25-17-27(36-6-3)26(16-24(25)29)33-28(35)15-21-10-12-34(5-2)13-11-21/h1,7-9,14-17,19H,5-6,10-13H2,2-3H3,(H,31,32)(H,33,35). The second-order valence-corrected chi connectivity index (χ2v) is 8.53. The summed E-state index contributed by atoms with van der Waals surface area (Å²) < 4.78 is 5.82. The lowest BCUT2D eigenvalue weighted by molar-refractivity contribution is -0.112. The zero-order valence-corrected chi connectivity index (χ0v) is 20.6. The Morgan fingerprint density at radius 3 is 2.75 bits per heavy atom. The second-order valence-electron chi connectivity index (χ2n) is 8.53. The molecule has 2 heterocycles. The highest BCUT2D eigenvalue weighted by Crippen LogP contribution is 2.36. The van der Waals surface area contributed by atoms with Gasteiger partial charge in [-0.25, -0.2) is 0 Å². The van der Waals surface area contributed by atoms with Gasteiger partial charge in [0, 0.05) is 48.1 Å². The topological polar surface area (TPSA) is 90.3 Å². The van der Waals surface area contributed by atoms with Gasteiger partial charge in [-0.05, 0) is 50.6 Å². The summed E-state index contributed by atoms with van der Waals surface area (Å²) in [4.78, 5) is 19.8. The molecule has 0 saturated carbocycles. The fraction of sp³-hybridized carbons (Fsp3) is 0.276. The van der Waals surface area contributed by atoms with Gasteiger partial charge in [0.2, 0.25) is 5.91 Å². The van der Waals surface area contributed by atoms with Gasteiger partial charge in [-0.3, -0.25) is 9.78 Å². The second kappa shape index (κ2) is 11.4. The Balaban J connectivity index is 1.71. The molecule has 3 aromatic rings. The van der Waals surface area contributed by atoms with Crippen LogP contribution in [0, 0.1) is 23.7 Å². The third kappa shape index (κ3) is 5.66. The van der Waals surface area contributed by atoms with Crippen molar-refractivity contribution in [2.45, 2.75) is 26.7 Å². The first-order valence-corrected chi connectivity index (χ1v) is 12.1. The molecule has 2 aromatic carbocycles. The van der Waals surface area contributed by atoms with Crippen molar-refractivity contribution in [3.63, 3.8) is 0 Å². The number of nitrogens with zero attached hydrogens (tertiary/aromatic N) is 3. The van der Waals surface area contributed by atoms with E-state index in [1.54, 1.807) is 18.2 Å². The number of nitrogens with one attached hydrogen (secondary N) is 2. The molecule has 4 rings (SSSR count). The molecular weight excluding hydrogens is 450 g/mol. The number of benzene rings is 2. The normalized spacial score (nSPS) is 13.5. The number of terminal acetylenes is 1. The molecule has 0 unspecified atom stereocenters. The third-order valence-corrected chi connectivity index (χ3v) is 6.23. The number of likely N-dealkylation sites (tertiary alicyclic amines) is 1. The van der Waals surface area contributed by atoms with E-state index in [2.05, 4.69) is 39.4 Å². The molecule has 0 radical (unpaired) electrons. The molecule has 7 nitrogen and oxygen atoms in total. The van der Waals surface area contributed by atoms with Crippen molar-refractivity contribution in [2.24, 2.45) is 0 Å². The number of aromatic nitrogens is 1. The maximum absolute atomic E-state index is 12.9. The summed E-state index contributed by atoms with van der Waals surface area (Å²) in [6.07, 6.45) is 10.5. The quantitative estimate of drug-likeness (QED) is 0.357. The molecular formula is C29H29N5O2. The van der Waals surface area contributed by atoms with Gasteiger partial charge in [-0.2, -0.15) is 5.26 Å². The van der Waals surface area contributed by atoms with Crippen LogP contribution >= 0.6 is 0 Å². The number of nitriles is 1. The molecule has 1 aromatic heterocycles. The molecule has 0 atom stereocenters. The van der Waals surface area contributed by atoms with Crippen LogP contribution in [0.4, 0.5) is 17.1 Å². The summed E-state index contributed by atoms with van der Waals surface area (Å²) in [5.41, 5.74) is 4.73. The van der Waals surface area contributed by atoms with Crippen LogP contribution in [-0.2, 0) is 4.79 Å². The monoisotopic (exact) mass is 479 g/mol. The average Bonchev–Trinajstić information content (AvgIpc) is 2.90. The molecule has 1 aliphatic rings. The van der Waals surface area contributed by atoms with Crippen LogP contribution in [0.3, 0.4) is 0 Å². The number of anilines is 3. The highest BCUT2D eigenvalue weighted by Gasteiger charge is 2.17. The first-order valence-electron chi connectivity index (χ1n) is 12.1. The minimum Gasteiger partial charge on any atom is -0.492 e. The SMILES string of the molecule is C#Cc1cccc(Nc2c(C#N)cnc3cc(OCC)c(NC(=O)C=C4CCN(CC)CC4)cc23)c1. The highest BCUT2D eigenvalue weighted by atomic mass is 16.5. The van der Waals surface area contributed by atoms with Crippen LogP contribution in [0.25, 0.3) is 10.9 Å². The zero-order chi connectivity index (χ0) is 25.5. The van der Waals surface area contributed by atoms with Crippen molar-refractivity contribution < 1.29 is 9.53 Å². The van der Waals surface area contributed by atoms with Crippen LogP contribution in [0.15, 0.2) is 54.2 Å². The molecule has 1 amide bonds. The number of amides is 1. The van der Waals surface area contributed by atoms with Crippen molar-refractivity contribution in [1.29, 1.82) is 5.26 Å². The number of hydrogen-bond acceptors (Lipinski definition) is 6. The summed E-state index contributed by atoms with van der Waals surface area (Å²) in [5, 5.41) is 16.8. The van der Waals surface area contributed by atoms with E-state index < -0.39 is 0 Å². The number of hydrogen-bond donors (Lipinski definition) is 2. The van der Waals surface area contributed by atoms with Crippen LogP contribution in [-0.4, -0.2) is 42.0 Å². The number of piperidine rings is 1. The average molecular weight is 480 g/mol. The first kappa shape index (κ1) is 24.8. The van der Waals surface area contributed by atoms with Gasteiger partial charge in [0.1, 0.15) is 11.8 Å². The van der Waals surface area contributed by atoms with Gasteiger partial charge in [0.25, 0.3) is 0 Å². The fourth-order valence-electron chi connectivity index (χ4n) is 4.30. The summed E-state index contributed by atoms with van der Waals surface area (Å²) in [7, 11) is 0. The summed E-state index contributed by atoms with van der Waals surface area (Å²) >= 11 is 0. The summed E-state index contributed by atoms with van der Waals surface area (Å²) in [6, 6.07) is 13.2. The minimum atomic E-state index is -0.198. The van der Waals surface area contributed by atoms with E-state index in [0.717, 1.165) is 49.3 Å². The number of ether oxygens (including phenoxy) is 1. The zero-order valence-electron chi connectivity index (χ0n) is 20.6. The predicted molar refractivity (Wildman–Crippen MR) is 143 cm³/mol. The lowest BCUT2D eigenvalue weighted by atomic mass is 10.0. The third-order valence-electron chi connectivity index (χ3n) is 6.23. The Labute approximate surface area is 211 Å². The van der Waals surface area contributed by atoms with Gasteiger partial charge in [0.05, 0.1) is 29.1 Å². The van der Waals surface area contributed by atoms with E-state index in [1.165, 1.54) is 6.20 Å². The van der Waals surface area contributed by atoms with Crippen molar-refractivity contribution in [3.05, 3.63) is 65.4 Å². The number of pyridine rings is 1. The van der Waals surface area contributed by atoms with Gasteiger partial charge >= 0.3 is 0 Å². The van der Waals surface area contributed by atoms with E-state index in [-0.39, 0.29) is 5.91 Å². The Hall–Kier alpha value is -4.33. The molecule has 0 spiro atoms. The predicted octanol–water partition coefficient (Wildman–Crippen LogP) is 5.21. The maximum Gasteiger partial charge on any atom is 0.248 e. The van der Waals surface area contributed by atoms with E-state index in [9.17, 15) is 10.1 Å². The van der Waals surface area contributed by atoms with Crippen LogP contribution in [0.1, 0.15) is 37.8 Å². The summed E-state index contributed by atoms with van der Waals surface area (Å²) in [6.45, 7) is 7.43. The van der Waals surface area contributed by atoms with Crippen molar-refractivity contribution >= 4 is 33.9 Å². The lowest BCUT2D eigenvalue weighted by Gasteiger charge is -2.26. The van der Waals surface area contributed by atoms with Gasteiger partial charge in [0.15, 0.2) is 0 Å². The molecule has 182 valence electrons. The molecule has 1 fully saturated rings. The number of rotatable bonds is 7. The number of fused-ring (bicyclic) bond motifs is 1. The molecule has 0 aliphatic carbocycles. The van der Waals surface area contributed by atoms with E-state index in [1.807, 2.05) is 31.2 Å². The van der Waals surface area contributed by atoms with Crippen molar-refractivity contribution in [1.82, 2.24) is 9.88 Å². The van der Waals surface area contributed by atoms with Crippen molar-refractivity contribution in [2.75, 3.05) is 36.9 Å². The van der Waals surface area contributed by atoms with Gasteiger partial charge < -0.3 is 20.3 Å². The molecule has 36 heavy (non-hydrogen) atoms. The lowest BCUT2D eigenvalue weighted by Crippen LogP contribution is -2.30. The van der Waals surface area contributed by atoms with Crippen LogP contribution in [0.2, 0.25) is 0 Å². The Kier molecular flexibility index (Phi) is 7.85. The Bertz CT molecular complexity index is 1390. The number of carbonyl (C=O) groups is 1. The first-order chi connectivity index (χ1) is 17.5. The molecule has 2 N–H and O–H groups in total. The molecule has 0 bridgehead atoms. The summed E-state index contributed by atoms with van der Waals surface area (Å²) in [5.74, 6) is 2.95. The largest absolute Gasteiger partial charge is 0.492 e. The Morgan fingerprint density at radius 1 is 1.25 bits per heavy atom. The fourth-order valence-corrected chi connectivity index (χ4v) is 4.30. The molecule has 1 saturated heterocycles. The Morgan fingerprint density at radius 2 is 2.06 bits per heavy atom. The number of carbonyl (C=O) groups excluding carboxylic acids is 1. The van der Waals surface area contributed by atoms with Crippen LogP contribution < -0.4 is 15.4 Å². The van der Waals surface area contributed by atoms with Crippen LogP contribution in [0.5, 0.6) is 5.75 Å². The van der Waals surface area contributed by atoms with E-state index in [4.69, 9.17) is 11.2 Å². The van der Waals surface area contributed by atoms with Crippen molar-refractivity contribution in [3.8, 4) is 24.2 Å². The van der Waals surface area contributed by atoms with E-state index in [0.29, 0.717) is 40.2 Å². The molecule has 7 heteroatoms. The smallest absolute Gasteiger partial charge is 0.248 e. The van der Waals surface area contributed by atoms with E-state index >= 15 is 0 Å². The van der Waals surface area contributed by atoms with Gasteiger partial charge in [-0.1, -0.05) is 24.5 Å². The minimum absolute atomic E-state index is 0.198.